The second-order valence-electron chi connectivity index (χ2n) is 5.82. The van der Waals surface area contributed by atoms with Crippen molar-refractivity contribution in [1.82, 2.24) is 4.72 Å². The molecular weight excluding hydrogens is 310 g/mol. The third-order valence-electron chi connectivity index (χ3n) is 3.90. The summed E-state index contributed by atoms with van der Waals surface area (Å²) in [5, 5.41) is 0. The van der Waals surface area contributed by atoms with Crippen molar-refractivity contribution in [2.75, 3.05) is 6.26 Å². The average Bonchev–Trinajstić information content (AvgIpc) is 2.40. The van der Waals surface area contributed by atoms with Crippen LogP contribution in [0.25, 0.3) is 0 Å². The third-order valence-corrected chi connectivity index (χ3v) is 6.56. The van der Waals surface area contributed by atoms with Gasteiger partial charge in [-0.25, -0.2) is 21.6 Å². The van der Waals surface area contributed by atoms with Crippen LogP contribution in [0.15, 0.2) is 34.1 Å². The highest BCUT2D eigenvalue weighted by Gasteiger charge is 2.24. The largest absolute Gasteiger partial charge is 0.240 e. The zero-order chi connectivity index (χ0) is 15.7. The molecule has 1 N–H and O–H groups in total. The van der Waals surface area contributed by atoms with E-state index in [9.17, 15) is 16.8 Å². The van der Waals surface area contributed by atoms with Gasteiger partial charge < -0.3 is 0 Å². The lowest BCUT2D eigenvalue weighted by atomic mass is 9.88. The highest BCUT2D eigenvalue weighted by molar-refractivity contribution is 7.90. The fourth-order valence-electron chi connectivity index (χ4n) is 2.53. The number of sulfone groups is 1. The number of hydrogen-bond donors (Lipinski definition) is 1. The Labute approximate surface area is 126 Å². The van der Waals surface area contributed by atoms with Gasteiger partial charge in [0, 0.05) is 12.3 Å². The van der Waals surface area contributed by atoms with Crippen molar-refractivity contribution in [3.05, 3.63) is 24.3 Å². The molecule has 1 aromatic rings. The maximum absolute atomic E-state index is 12.3. The summed E-state index contributed by atoms with van der Waals surface area (Å²) in [5.41, 5.74) is 0. The Bertz CT molecular complexity index is 685. The van der Waals surface area contributed by atoms with Crippen molar-refractivity contribution in [3.8, 4) is 0 Å². The number of sulfonamides is 1. The van der Waals surface area contributed by atoms with Crippen LogP contribution in [0.4, 0.5) is 0 Å². The van der Waals surface area contributed by atoms with Crippen molar-refractivity contribution in [3.63, 3.8) is 0 Å². The van der Waals surface area contributed by atoms with Gasteiger partial charge in [-0.2, -0.15) is 0 Å². The molecule has 0 aliphatic heterocycles. The molecule has 1 aromatic carbocycles. The van der Waals surface area contributed by atoms with E-state index in [1.165, 1.54) is 24.3 Å². The SMILES string of the molecule is CC1CCC(NS(=O)(=O)c2ccc(S(C)(=O)=O)cc2)CC1. The van der Waals surface area contributed by atoms with Crippen molar-refractivity contribution < 1.29 is 16.8 Å². The van der Waals surface area contributed by atoms with E-state index in [2.05, 4.69) is 11.6 Å². The summed E-state index contributed by atoms with van der Waals surface area (Å²) in [6.45, 7) is 2.18. The number of benzene rings is 1. The van der Waals surface area contributed by atoms with Gasteiger partial charge in [-0.15, -0.1) is 0 Å². The standard InChI is InChI=1S/C14H21NO4S2/c1-11-3-5-12(6-4-11)15-21(18,19)14-9-7-13(8-10-14)20(2,16)17/h7-12,15H,3-6H2,1-2H3. The molecule has 1 fully saturated rings. The van der Waals surface area contributed by atoms with Crippen molar-refractivity contribution in [2.45, 2.75) is 48.4 Å². The van der Waals surface area contributed by atoms with Crippen LogP contribution in [-0.2, 0) is 19.9 Å². The lowest BCUT2D eigenvalue weighted by molar-refractivity contribution is 0.332. The summed E-state index contributed by atoms with van der Waals surface area (Å²) in [7, 11) is -6.90. The average molecular weight is 331 g/mol. The molecule has 21 heavy (non-hydrogen) atoms. The number of rotatable bonds is 4. The lowest BCUT2D eigenvalue weighted by Crippen LogP contribution is -2.37. The first kappa shape index (κ1) is 16.5. The first-order valence-electron chi connectivity index (χ1n) is 7.01. The van der Waals surface area contributed by atoms with Crippen LogP contribution >= 0.6 is 0 Å². The second-order valence-corrected chi connectivity index (χ2v) is 9.55. The Balaban J connectivity index is 2.13. The molecule has 0 saturated heterocycles. The van der Waals surface area contributed by atoms with Gasteiger partial charge in [0.15, 0.2) is 9.84 Å². The minimum absolute atomic E-state index is 0.0271. The smallest absolute Gasteiger partial charge is 0.224 e. The normalized spacial score (nSPS) is 23.9. The first-order chi connectivity index (χ1) is 9.68. The van der Waals surface area contributed by atoms with Gasteiger partial charge in [-0.05, 0) is 55.9 Å². The van der Waals surface area contributed by atoms with Gasteiger partial charge in [-0.1, -0.05) is 6.92 Å². The summed E-state index contributed by atoms with van der Waals surface area (Å²) in [6, 6.07) is 5.30. The van der Waals surface area contributed by atoms with Crippen molar-refractivity contribution in [1.29, 1.82) is 0 Å². The maximum atomic E-state index is 12.3. The van der Waals surface area contributed by atoms with Gasteiger partial charge in [0.25, 0.3) is 0 Å². The van der Waals surface area contributed by atoms with Crippen LogP contribution in [0.1, 0.15) is 32.6 Å². The van der Waals surface area contributed by atoms with E-state index in [1.807, 2.05) is 0 Å². The minimum atomic E-state index is -3.58. The maximum Gasteiger partial charge on any atom is 0.240 e. The summed E-state index contributed by atoms with van der Waals surface area (Å²) in [6.07, 6.45) is 4.85. The summed E-state index contributed by atoms with van der Waals surface area (Å²) in [4.78, 5) is 0.224. The molecule has 0 unspecified atom stereocenters. The van der Waals surface area contributed by atoms with Crippen molar-refractivity contribution >= 4 is 19.9 Å². The molecule has 0 amide bonds. The van der Waals surface area contributed by atoms with Crippen LogP contribution in [-0.4, -0.2) is 29.1 Å². The van der Waals surface area contributed by atoms with E-state index in [-0.39, 0.29) is 15.8 Å². The van der Waals surface area contributed by atoms with E-state index >= 15 is 0 Å². The van der Waals surface area contributed by atoms with Gasteiger partial charge in [-0.3, -0.25) is 0 Å². The van der Waals surface area contributed by atoms with E-state index < -0.39 is 19.9 Å². The molecule has 1 aliphatic rings. The topological polar surface area (TPSA) is 80.3 Å². The number of nitrogens with one attached hydrogen (secondary N) is 1. The molecule has 0 heterocycles. The molecule has 0 aromatic heterocycles. The minimum Gasteiger partial charge on any atom is -0.224 e. The summed E-state index contributed by atoms with van der Waals surface area (Å²) >= 11 is 0. The predicted octanol–water partition coefficient (Wildman–Crippen LogP) is 1.95. The zero-order valence-corrected chi connectivity index (χ0v) is 13.9. The molecule has 118 valence electrons. The van der Waals surface area contributed by atoms with Gasteiger partial charge in [0.2, 0.25) is 10.0 Å². The molecule has 0 atom stereocenters. The Morgan fingerprint density at radius 3 is 1.86 bits per heavy atom. The molecule has 1 aliphatic carbocycles. The fraction of sp³-hybridized carbons (Fsp3) is 0.571. The van der Waals surface area contributed by atoms with Crippen LogP contribution in [0.3, 0.4) is 0 Å². The molecule has 1 saturated carbocycles. The zero-order valence-electron chi connectivity index (χ0n) is 12.2. The van der Waals surface area contributed by atoms with E-state index in [0.29, 0.717) is 5.92 Å². The molecule has 7 heteroatoms. The monoisotopic (exact) mass is 331 g/mol. The Kier molecular flexibility index (Phi) is 4.75. The second kappa shape index (κ2) is 6.06. The van der Waals surface area contributed by atoms with Gasteiger partial charge in [0.05, 0.1) is 9.79 Å². The summed E-state index contributed by atoms with van der Waals surface area (Å²) in [5.74, 6) is 0.653. The lowest BCUT2D eigenvalue weighted by Gasteiger charge is -2.26. The van der Waals surface area contributed by atoms with Crippen molar-refractivity contribution in [2.24, 2.45) is 5.92 Å². The van der Waals surface area contributed by atoms with Crippen LogP contribution in [0.5, 0.6) is 0 Å². The Hall–Kier alpha value is -0.920. The van der Waals surface area contributed by atoms with E-state index in [0.717, 1.165) is 31.9 Å². The van der Waals surface area contributed by atoms with Gasteiger partial charge in [0.1, 0.15) is 0 Å². The Morgan fingerprint density at radius 1 is 0.905 bits per heavy atom. The van der Waals surface area contributed by atoms with E-state index in [1.54, 1.807) is 0 Å². The highest BCUT2D eigenvalue weighted by atomic mass is 32.2. The van der Waals surface area contributed by atoms with Gasteiger partial charge >= 0.3 is 0 Å². The molecule has 2 rings (SSSR count). The van der Waals surface area contributed by atoms with Crippen LogP contribution < -0.4 is 4.72 Å². The first-order valence-corrected chi connectivity index (χ1v) is 10.4. The molecule has 5 nitrogen and oxygen atoms in total. The third kappa shape index (κ3) is 4.28. The fourth-order valence-corrected chi connectivity index (χ4v) is 4.47. The molecular formula is C14H21NO4S2. The quantitative estimate of drug-likeness (QED) is 0.914. The molecule has 0 spiro atoms. The van der Waals surface area contributed by atoms with Crippen LogP contribution in [0, 0.1) is 5.92 Å². The molecule has 0 radical (unpaired) electrons. The van der Waals surface area contributed by atoms with E-state index in [4.69, 9.17) is 0 Å². The summed E-state index contributed by atoms with van der Waals surface area (Å²) < 4.78 is 50.0. The predicted molar refractivity (Wildman–Crippen MR) is 81.3 cm³/mol. The Morgan fingerprint density at radius 2 is 1.38 bits per heavy atom. The van der Waals surface area contributed by atoms with Crippen LogP contribution in [0.2, 0.25) is 0 Å². The molecule has 0 bridgehead atoms. The number of hydrogen-bond acceptors (Lipinski definition) is 4. The highest BCUT2D eigenvalue weighted by Crippen LogP contribution is 2.25.